The highest BCUT2D eigenvalue weighted by Crippen LogP contribution is 2.21. The van der Waals surface area contributed by atoms with Crippen molar-refractivity contribution in [2.45, 2.75) is 13.3 Å². The Labute approximate surface area is 133 Å². The number of hydrogen-bond donors (Lipinski definition) is 2. The highest BCUT2D eigenvalue weighted by Gasteiger charge is 2.18. The van der Waals surface area contributed by atoms with E-state index in [9.17, 15) is 4.79 Å². The van der Waals surface area contributed by atoms with E-state index in [1.54, 1.807) is 10.9 Å². The van der Waals surface area contributed by atoms with Crippen LogP contribution in [0.1, 0.15) is 22.6 Å². The zero-order valence-corrected chi connectivity index (χ0v) is 12.9. The summed E-state index contributed by atoms with van der Waals surface area (Å²) in [6.45, 7) is 2.88. The van der Waals surface area contributed by atoms with E-state index in [1.807, 2.05) is 37.3 Å². The Bertz CT molecular complexity index is 836. The van der Waals surface area contributed by atoms with Gasteiger partial charge in [0.1, 0.15) is 0 Å². The van der Waals surface area contributed by atoms with Crippen LogP contribution in [-0.2, 0) is 0 Å². The molecule has 3 rings (SSSR count). The summed E-state index contributed by atoms with van der Waals surface area (Å²) in [6.07, 6.45) is 2.46. The molecular weight excluding hydrogens is 292 g/mol. The molecule has 0 saturated heterocycles. The molecule has 2 heterocycles. The lowest BCUT2D eigenvalue weighted by molar-refractivity contribution is 0.0948. The number of nitrogens with two attached hydrogens (primary N) is 1. The molecule has 0 bridgehead atoms. The number of nitrogens with one attached hydrogen (secondary N) is 1. The summed E-state index contributed by atoms with van der Waals surface area (Å²) < 4.78 is 1.65. The van der Waals surface area contributed by atoms with Crippen molar-refractivity contribution in [3.8, 4) is 5.69 Å². The number of fused-ring (bicyclic) bond motifs is 1. The quantitative estimate of drug-likeness (QED) is 0.690. The van der Waals surface area contributed by atoms with Crippen molar-refractivity contribution in [3.05, 3.63) is 47.9 Å². The second-order valence-electron chi connectivity index (χ2n) is 5.19. The van der Waals surface area contributed by atoms with Gasteiger partial charge >= 0.3 is 0 Å². The topological polar surface area (TPSA) is 98.7 Å². The van der Waals surface area contributed by atoms with Crippen molar-refractivity contribution in [3.63, 3.8) is 0 Å². The molecule has 7 heteroatoms. The summed E-state index contributed by atoms with van der Waals surface area (Å²) in [5.41, 5.74) is 8.03. The molecule has 1 aromatic carbocycles. The molecule has 0 spiro atoms. The molecule has 7 nitrogen and oxygen atoms in total. The summed E-state index contributed by atoms with van der Waals surface area (Å²) >= 11 is 0. The van der Waals surface area contributed by atoms with E-state index in [-0.39, 0.29) is 5.91 Å². The number of aromatic nitrogens is 4. The summed E-state index contributed by atoms with van der Waals surface area (Å²) in [5.74, 6) is -0.240. The molecule has 0 fully saturated rings. The highest BCUT2D eigenvalue weighted by atomic mass is 16.2. The minimum absolute atomic E-state index is 0.240. The number of para-hydroxylation sites is 1. The third-order valence-corrected chi connectivity index (χ3v) is 3.62. The normalized spacial score (nSPS) is 10.9. The molecular formula is C16H18N6O. The van der Waals surface area contributed by atoms with Crippen LogP contribution in [0.15, 0.2) is 36.5 Å². The van der Waals surface area contributed by atoms with Gasteiger partial charge in [0.05, 0.1) is 16.9 Å². The number of amides is 1. The fourth-order valence-electron chi connectivity index (χ4n) is 2.41. The highest BCUT2D eigenvalue weighted by molar-refractivity contribution is 5.93. The number of rotatable bonds is 5. The van der Waals surface area contributed by atoms with Crippen LogP contribution in [0.3, 0.4) is 0 Å². The van der Waals surface area contributed by atoms with E-state index < -0.39 is 0 Å². The van der Waals surface area contributed by atoms with Crippen LogP contribution in [0, 0.1) is 6.92 Å². The maximum absolute atomic E-state index is 12.2. The average molecular weight is 310 g/mol. The zero-order chi connectivity index (χ0) is 16.2. The Morgan fingerprint density at radius 3 is 2.96 bits per heavy atom. The first-order valence-electron chi connectivity index (χ1n) is 7.47. The van der Waals surface area contributed by atoms with Gasteiger partial charge in [-0.2, -0.15) is 0 Å². The van der Waals surface area contributed by atoms with Crippen LogP contribution >= 0.6 is 0 Å². The molecule has 1 amide bonds. The van der Waals surface area contributed by atoms with Crippen molar-refractivity contribution in [2.24, 2.45) is 5.73 Å². The van der Waals surface area contributed by atoms with E-state index in [1.165, 1.54) is 0 Å². The third-order valence-electron chi connectivity index (χ3n) is 3.62. The molecule has 0 saturated carbocycles. The van der Waals surface area contributed by atoms with Gasteiger partial charge in [-0.15, -0.1) is 5.10 Å². The number of carbonyl (C=O) groups is 1. The summed E-state index contributed by atoms with van der Waals surface area (Å²) in [4.78, 5) is 16.6. The van der Waals surface area contributed by atoms with Crippen LogP contribution in [0.25, 0.3) is 16.6 Å². The molecule has 118 valence electrons. The van der Waals surface area contributed by atoms with E-state index in [4.69, 9.17) is 5.73 Å². The van der Waals surface area contributed by atoms with Crippen LogP contribution in [0.5, 0.6) is 0 Å². The Morgan fingerprint density at radius 2 is 2.13 bits per heavy atom. The van der Waals surface area contributed by atoms with E-state index in [0.29, 0.717) is 24.5 Å². The first kappa shape index (κ1) is 15.1. The minimum atomic E-state index is -0.240. The van der Waals surface area contributed by atoms with Gasteiger partial charge in [-0.25, -0.2) is 4.68 Å². The van der Waals surface area contributed by atoms with Crippen molar-refractivity contribution >= 4 is 16.8 Å². The summed E-state index contributed by atoms with van der Waals surface area (Å²) in [6, 6.07) is 9.70. The monoisotopic (exact) mass is 310 g/mol. The fraction of sp³-hybridized carbons (Fsp3) is 0.250. The minimum Gasteiger partial charge on any atom is -0.351 e. The van der Waals surface area contributed by atoms with Gasteiger partial charge in [-0.1, -0.05) is 23.4 Å². The predicted octanol–water partition coefficient (Wildman–Crippen LogP) is 1.20. The third kappa shape index (κ3) is 2.91. The number of nitrogens with zero attached hydrogens (tertiary/aromatic N) is 4. The molecule has 3 N–H and O–H groups in total. The van der Waals surface area contributed by atoms with Crippen molar-refractivity contribution in [1.82, 2.24) is 25.3 Å². The number of carbonyl (C=O) groups excluding carboxylic acids is 1. The summed E-state index contributed by atoms with van der Waals surface area (Å²) in [7, 11) is 0. The number of pyridine rings is 1. The maximum Gasteiger partial charge on any atom is 0.273 e. The SMILES string of the molecule is Cc1c(C(=O)NCCCN)nnn1-c1cccc2cccnc12. The lowest BCUT2D eigenvalue weighted by Gasteiger charge is -2.07. The van der Waals surface area contributed by atoms with Gasteiger partial charge in [0.2, 0.25) is 0 Å². The Balaban J connectivity index is 1.97. The first-order valence-corrected chi connectivity index (χ1v) is 7.47. The van der Waals surface area contributed by atoms with Gasteiger partial charge in [-0.3, -0.25) is 9.78 Å². The van der Waals surface area contributed by atoms with Gasteiger partial charge < -0.3 is 11.1 Å². The standard InChI is InChI=1S/C16H18N6O/c1-11-14(16(23)19-10-4-8-17)20-21-22(11)13-7-2-5-12-6-3-9-18-15(12)13/h2-3,5-7,9H,4,8,10,17H2,1H3,(H,19,23). The van der Waals surface area contributed by atoms with Gasteiger partial charge in [0, 0.05) is 18.1 Å². The lowest BCUT2D eigenvalue weighted by Crippen LogP contribution is -2.27. The zero-order valence-electron chi connectivity index (χ0n) is 12.9. The van der Waals surface area contributed by atoms with Crippen LogP contribution in [-0.4, -0.2) is 39.0 Å². The van der Waals surface area contributed by atoms with Gasteiger partial charge in [0.25, 0.3) is 5.91 Å². The smallest absolute Gasteiger partial charge is 0.273 e. The second kappa shape index (κ2) is 6.53. The van der Waals surface area contributed by atoms with Gasteiger partial charge in [0.15, 0.2) is 5.69 Å². The van der Waals surface area contributed by atoms with Crippen LogP contribution < -0.4 is 11.1 Å². The number of benzene rings is 1. The number of hydrogen-bond acceptors (Lipinski definition) is 5. The fourth-order valence-corrected chi connectivity index (χ4v) is 2.41. The molecule has 3 aromatic rings. The Kier molecular flexibility index (Phi) is 4.29. The van der Waals surface area contributed by atoms with Crippen LogP contribution in [0.2, 0.25) is 0 Å². The second-order valence-corrected chi connectivity index (χ2v) is 5.19. The molecule has 23 heavy (non-hydrogen) atoms. The van der Waals surface area contributed by atoms with Crippen molar-refractivity contribution in [2.75, 3.05) is 13.1 Å². The van der Waals surface area contributed by atoms with E-state index in [2.05, 4.69) is 20.6 Å². The van der Waals surface area contributed by atoms with E-state index >= 15 is 0 Å². The lowest BCUT2D eigenvalue weighted by atomic mass is 10.2. The van der Waals surface area contributed by atoms with E-state index in [0.717, 1.165) is 23.0 Å². The summed E-state index contributed by atoms with van der Waals surface area (Å²) in [5, 5.41) is 11.9. The molecule has 2 aromatic heterocycles. The van der Waals surface area contributed by atoms with Crippen LogP contribution in [0.4, 0.5) is 0 Å². The molecule has 0 aliphatic heterocycles. The predicted molar refractivity (Wildman–Crippen MR) is 87.4 cm³/mol. The van der Waals surface area contributed by atoms with Crippen molar-refractivity contribution < 1.29 is 4.79 Å². The molecule has 0 unspecified atom stereocenters. The largest absolute Gasteiger partial charge is 0.351 e. The Hall–Kier alpha value is -2.80. The maximum atomic E-state index is 12.2. The Morgan fingerprint density at radius 1 is 1.30 bits per heavy atom. The molecule has 0 aliphatic rings. The van der Waals surface area contributed by atoms with Gasteiger partial charge in [-0.05, 0) is 32.0 Å². The van der Waals surface area contributed by atoms with Crippen molar-refractivity contribution in [1.29, 1.82) is 0 Å². The first-order chi connectivity index (χ1) is 11.2. The molecule has 0 radical (unpaired) electrons. The molecule has 0 aliphatic carbocycles. The molecule has 0 atom stereocenters. The average Bonchev–Trinajstić information content (AvgIpc) is 2.96.